The highest BCUT2D eigenvalue weighted by Crippen LogP contribution is 2.46. The van der Waals surface area contributed by atoms with Gasteiger partial charge in [0.25, 0.3) is 5.91 Å². The summed E-state index contributed by atoms with van der Waals surface area (Å²) in [5.74, 6) is -0.161. The molecule has 1 saturated carbocycles. The molecule has 3 aliphatic rings. The molecule has 1 aliphatic carbocycles. The highest BCUT2D eigenvalue weighted by Gasteiger charge is 2.53. The van der Waals surface area contributed by atoms with Crippen LogP contribution in [0.5, 0.6) is 0 Å². The number of carbonyl (C=O) groups excluding carboxylic acids is 2. The number of carbonyl (C=O) groups is 2. The van der Waals surface area contributed by atoms with Gasteiger partial charge >= 0.3 is 0 Å². The Kier molecular flexibility index (Phi) is 5.21. The zero-order valence-corrected chi connectivity index (χ0v) is 16.6. The van der Waals surface area contributed by atoms with Crippen molar-refractivity contribution in [2.24, 2.45) is 5.92 Å². The van der Waals surface area contributed by atoms with Gasteiger partial charge in [-0.1, -0.05) is 6.07 Å². The summed E-state index contributed by atoms with van der Waals surface area (Å²) in [4.78, 5) is 34.9. The zero-order chi connectivity index (χ0) is 19.8. The van der Waals surface area contributed by atoms with Crippen LogP contribution >= 0.6 is 0 Å². The van der Waals surface area contributed by atoms with Crippen LogP contribution < -0.4 is 0 Å². The Morgan fingerprint density at radius 3 is 2.79 bits per heavy atom. The summed E-state index contributed by atoms with van der Waals surface area (Å²) in [6.45, 7) is 1.20. The van der Waals surface area contributed by atoms with Gasteiger partial charge in [-0.05, 0) is 39.1 Å². The first-order valence-electron chi connectivity index (χ1n) is 9.85. The summed E-state index contributed by atoms with van der Waals surface area (Å²) < 4.78 is 11.6. The molecule has 1 fully saturated rings. The van der Waals surface area contributed by atoms with Gasteiger partial charge in [-0.25, -0.2) is 0 Å². The molecule has 0 aromatic carbocycles. The van der Waals surface area contributed by atoms with Gasteiger partial charge in [-0.15, -0.1) is 0 Å². The maximum absolute atomic E-state index is 13.5. The third-order valence-corrected chi connectivity index (χ3v) is 5.99. The molecule has 1 aromatic rings. The van der Waals surface area contributed by atoms with Crippen LogP contribution in [0.4, 0.5) is 0 Å². The second-order valence-corrected chi connectivity index (χ2v) is 8.00. The van der Waals surface area contributed by atoms with Crippen molar-refractivity contribution >= 4 is 11.7 Å². The Morgan fingerprint density at radius 2 is 2.11 bits per heavy atom. The van der Waals surface area contributed by atoms with E-state index in [1.165, 1.54) is 0 Å². The number of ether oxygens (including phenoxy) is 2. The van der Waals surface area contributed by atoms with Gasteiger partial charge in [0.15, 0.2) is 11.5 Å². The predicted molar refractivity (Wildman–Crippen MR) is 102 cm³/mol. The number of ketones is 1. The average Bonchev–Trinajstić information content (AvgIpc) is 2.99. The number of hydrogen-bond donors (Lipinski definition) is 0. The molecule has 150 valence electrons. The number of Topliss-reactive ketones (excluding diaryl/α,β-unsaturated/α-hetero) is 1. The smallest absolute Gasteiger partial charge is 0.290 e. The van der Waals surface area contributed by atoms with E-state index in [4.69, 9.17) is 9.47 Å². The minimum absolute atomic E-state index is 0.0390. The Balaban J connectivity index is 1.71. The SMILES string of the molecule is COC1CCC2C(=O)C3=C(OC2C1)C(=O)N(CCN(C)C)C3c1ccccn1. The first-order valence-corrected chi connectivity index (χ1v) is 9.85. The van der Waals surface area contributed by atoms with Gasteiger partial charge in [-0.2, -0.15) is 0 Å². The monoisotopic (exact) mass is 385 g/mol. The molecule has 4 unspecified atom stereocenters. The van der Waals surface area contributed by atoms with E-state index < -0.39 is 6.04 Å². The largest absolute Gasteiger partial charge is 0.483 e. The molecule has 4 rings (SSSR count). The van der Waals surface area contributed by atoms with Crippen LogP contribution in [-0.4, -0.2) is 73.0 Å². The number of methoxy groups -OCH3 is 1. The Labute approximate surface area is 165 Å². The fraction of sp³-hybridized carbons (Fsp3) is 0.571. The molecule has 7 heteroatoms. The maximum Gasteiger partial charge on any atom is 0.290 e. The summed E-state index contributed by atoms with van der Waals surface area (Å²) in [6.07, 6.45) is 3.68. The van der Waals surface area contributed by atoms with Crippen LogP contribution in [0, 0.1) is 5.92 Å². The minimum Gasteiger partial charge on any atom is -0.483 e. The zero-order valence-electron chi connectivity index (χ0n) is 16.6. The first kappa shape index (κ1) is 19.1. The number of aromatic nitrogens is 1. The van der Waals surface area contributed by atoms with Gasteiger partial charge in [-0.3, -0.25) is 14.6 Å². The third kappa shape index (κ3) is 3.22. The quantitative estimate of drug-likeness (QED) is 0.766. The standard InChI is InChI=1S/C21H27N3O4/c1-23(2)10-11-24-18(15-6-4-5-9-22-15)17-19(25)14-8-7-13(27-3)12-16(14)28-20(17)21(24)26/h4-6,9,13-14,16,18H,7-8,10-12H2,1-3H3. The van der Waals surface area contributed by atoms with E-state index in [0.29, 0.717) is 30.8 Å². The molecule has 1 aromatic heterocycles. The summed E-state index contributed by atoms with van der Waals surface area (Å²) in [7, 11) is 5.61. The number of likely N-dealkylation sites (N-methyl/N-ethyl adjacent to an activating group) is 1. The van der Waals surface area contributed by atoms with Crippen molar-refractivity contribution in [1.82, 2.24) is 14.8 Å². The summed E-state index contributed by atoms with van der Waals surface area (Å²) in [6, 6.07) is 5.12. The molecule has 7 nitrogen and oxygen atoms in total. The molecule has 0 saturated heterocycles. The van der Waals surface area contributed by atoms with Crippen molar-refractivity contribution in [3.8, 4) is 0 Å². The Bertz CT molecular complexity index is 792. The topological polar surface area (TPSA) is 72.0 Å². The van der Waals surface area contributed by atoms with Crippen LogP contribution in [0.3, 0.4) is 0 Å². The molecule has 28 heavy (non-hydrogen) atoms. The number of hydrogen-bond acceptors (Lipinski definition) is 6. The van der Waals surface area contributed by atoms with Crippen molar-refractivity contribution in [3.05, 3.63) is 41.4 Å². The van der Waals surface area contributed by atoms with Gasteiger partial charge < -0.3 is 19.3 Å². The molecule has 3 heterocycles. The highest BCUT2D eigenvalue weighted by atomic mass is 16.5. The van der Waals surface area contributed by atoms with Crippen molar-refractivity contribution in [2.45, 2.75) is 37.5 Å². The lowest BCUT2D eigenvalue weighted by molar-refractivity contribution is -0.138. The second-order valence-electron chi connectivity index (χ2n) is 8.00. The van der Waals surface area contributed by atoms with Gasteiger partial charge in [0.05, 0.1) is 23.3 Å². The molecule has 1 amide bonds. The number of amides is 1. The first-order chi connectivity index (χ1) is 13.5. The van der Waals surface area contributed by atoms with E-state index in [1.807, 2.05) is 37.2 Å². The van der Waals surface area contributed by atoms with Crippen molar-refractivity contribution in [3.63, 3.8) is 0 Å². The minimum atomic E-state index is -0.475. The number of pyridine rings is 1. The summed E-state index contributed by atoms with van der Waals surface area (Å²) >= 11 is 0. The lowest BCUT2D eigenvalue weighted by Crippen LogP contribution is -2.43. The van der Waals surface area contributed by atoms with Crippen LogP contribution in [0.1, 0.15) is 31.0 Å². The average molecular weight is 385 g/mol. The van der Waals surface area contributed by atoms with Crippen molar-refractivity contribution < 1.29 is 19.1 Å². The second kappa shape index (κ2) is 7.64. The number of fused-ring (bicyclic) bond motifs is 1. The van der Waals surface area contributed by atoms with E-state index in [2.05, 4.69) is 4.98 Å². The fourth-order valence-electron chi connectivity index (χ4n) is 4.48. The molecular formula is C21H27N3O4. The molecular weight excluding hydrogens is 358 g/mol. The fourth-order valence-corrected chi connectivity index (χ4v) is 4.48. The third-order valence-electron chi connectivity index (χ3n) is 5.99. The van der Waals surface area contributed by atoms with Gasteiger partial charge in [0, 0.05) is 32.8 Å². The van der Waals surface area contributed by atoms with Crippen LogP contribution in [0.2, 0.25) is 0 Å². The van der Waals surface area contributed by atoms with E-state index in [-0.39, 0.29) is 35.6 Å². The van der Waals surface area contributed by atoms with Crippen molar-refractivity contribution in [2.75, 3.05) is 34.3 Å². The van der Waals surface area contributed by atoms with Crippen LogP contribution in [0.15, 0.2) is 35.7 Å². The molecule has 0 radical (unpaired) electrons. The van der Waals surface area contributed by atoms with E-state index >= 15 is 0 Å². The van der Waals surface area contributed by atoms with Gasteiger partial charge in [0.1, 0.15) is 12.1 Å². The Hall–Kier alpha value is -2.25. The van der Waals surface area contributed by atoms with Crippen LogP contribution in [-0.2, 0) is 19.1 Å². The van der Waals surface area contributed by atoms with E-state index in [0.717, 1.165) is 12.8 Å². The highest BCUT2D eigenvalue weighted by molar-refractivity contribution is 6.11. The number of rotatable bonds is 5. The molecule has 4 atom stereocenters. The van der Waals surface area contributed by atoms with E-state index in [1.54, 1.807) is 18.2 Å². The maximum atomic E-state index is 13.5. The van der Waals surface area contributed by atoms with Crippen molar-refractivity contribution in [1.29, 1.82) is 0 Å². The lowest BCUT2D eigenvalue weighted by Gasteiger charge is -2.38. The predicted octanol–water partition coefficient (Wildman–Crippen LogP) is 1.56. The lowest BCUT2D eigenvalue weighted by atomic mass is 9.77. The molecule has 2 aliphatic heterocycles. The normalized spacial score (nSPS) is 29.8. The van der Waals surface area contributed by atoms with E-state index in [9.17, 15) is 9.59 Å². The number of nitrogens with zero attached hydrogens (tertiary/aromatic N) is 3. The molecule has 0 bridgehead atoms. The summed E-state index contributed by atoms with van der Waals surface area (Å²) in [5, 5.41) is 0. The van der Waals surface area contributed by atoms with Crippen LogP contribution in [0.25, 0.3) is 0 Å². The summed E-state index contributed by atoms with van der Waals surface area (Å²) in [5.41, 5.74) is 1.19. The molecule has 0 spiro atoms. The van der Waals surface area contributed by atoms with Gasteiger partial charge in [0.2, 0.25) is 0 Å². The Morgan fingerprint density at radius 1 is 1.29 bits per heavy atom. The molecule has 0 N–H and O–H groups in total.